The molecule has 0 radical (unpaired) electrons. The lowest BCUT2D eigenvalue weighted by Gasteiger charge is -2.23. The first-order valence-corrected chi connectivity index (χ1v) is 6.49. The van der Waals surface area contributed by atoms with E-state index >= 15 is 0 Å². The van der Waals surface area contributed by atoms with Gasteiger partial charge in [-0.2, -0.15) is 0 Å². The standard InChI is InChI=1S/C13H23N3/c1-11(2)10-16-8-7-15-13(16)9-12-5-3-4-6-14-12/h7-8,11-12,14H,3-6,9-10H2,1-2H3. The van der Waals surface area contributed by atoms with Crippen LogP contribution in [0.1, 0.15) is 38.9 Å². The predicted octanol–water partition coefficient (Wildman–Crippen LogP) is 2.22. The van der Waals surface area contributed by atoms with Crippen LogP contribution in [-0.4, -0.2) is 22.1 Å². The summed E-state index contributed by atoms with van der Waals surface area (Å²) in [6, 6.07) is 0.641. The number of hydrogen-bond acceptors (Lipinski definition) is 2. The van der Waals surface area contributed by atoms with E-state index in [0.717, 1.165) is 13.0 Å². The molecule has 3 nitrogen and oxygen atoms in total. The fraction of sp³-hybridized carbons (Fsp3) is 0.769. The van der Waals surface area contributed by atoms with E-state index in [1.165, 1.54) is 31.6 Å². The number of nitrogens with one attached hydrogen (secondary N) is 1. The molecule has 90 valence electrons. The van der Waals surface area contributed by atoms with Gasteiger partial charge in [0, 0.05) is 31.4 Å². The summed E-state index contributed by atoms with van der Waals surface area (Å²) >= 11 is 0. The lowest BCUT2D eigenvalue weighted by molar-refractivity contribution is 0.386. The third-order valence-corrected chi connectivity index (χ3v) is 3.20. The summed E-state index contributed by atoms with van der Waals surface area (Å²) in [6.07, 6.45) is 9.12. The molecule has 2 rings (SSSR count). The van der Waals surface area contributed by atoms with Crippen LogP contribution in [0.25, 0.3) is 0 Å². The van der Waals surface area contributed by atoms with Gasteiger partial charge in [0.2, 0.25) is 0 Å². The minimum atomic E-state index is 0.641. The van der Waals surface area contributed by atoms with E-state index in [4.69, 9.17) is 0 Å². The molecule has 1 N–H and O–H groups in total. The molecular formula is C13H23N3. The van der Waals surface area contributed by atoms with Crippen molar-refractivity contribution in [3.05, 3.63) is 18.2 Å². The number of nitrogens with zero attached hydrogens (tertiary/aromatic N) is 2. The quantitative estimate of drug-likeness (QED) is 0.845. The highest BCUT2D eigenvalue weighted by Gasteiger charge is 2.15. The van der Waals surface area contributed by atoms with E-state index in [0.29, 0.717) is 12.0 Å². The average Bonchev–Trinajstić information content (AvgIpc) is 2.66. The molecule has 2 heterocycles. The Balaban J connectivity index is 1.94. The summed E-state index contributed by atoms with van der Waals surface area (Å²) in [5.41, 5.74) is 0. The molecule has 3 heteroatoms. The van der Waals surface area contributed by atoms with Crippen molar-refractivity contribution >= 4 is 0 Å². The van der Waals surface area contributed by atoms with Crippen molar-refractivity contribution < 1.29 is 0 Å². The van der Waals surface area contributed by atoms with Gasteiger partial charge in [-0.05, 0) is 25.3 Å². The first kappa shape index (κ1) is 11.6. The summed E-state index contributed by atoms with van der Waals surface area (Å²) in [4.78, 5) is 4.49. The van der Waals surface area contributed by atoms with Gasteiger partial charge in [-0.25, -0.2) is 4.98 Å². The number of aromatic nitrogens is 2. The Bertz CT molecular complexity index is 311. The van der Waals surface area contributed by atoms with Crippen molar-refractivity contribution in [2.75, 3.05) is 6.54 Å². The van der Waals surface area contributed by atoms with Gasteiger partial charge >= 0.3 is 0 Å². The smallest absolute Gasteiger partial charge is 0.110 e. The fourth-order valence-electron chi connectivity index (χ4n) is 2.41. The van der Waals surface area contributed by atoms with Gasteiger partial charge in [0.1, 0.15) is 5.82 Å². The van der Waals surface area contributed by atoms with Crippen molar-refractivity contribution in [3.63, 3.8) is 0 Å². The maximum absolute atomic E-state index is 4.49. The monoisotopic (exact) mass is 221 g/mol. The van der Waals surface area contributed by atoms with Crippen LogP contribution in [0, 0.1) is 5.92 Å². The van der Waals surface area contributed by atoms with Crippen molar-refractivity contribution in [1.29, 1.82) is 0 Å². The minimum Gasteiger partial charge on any atom is -0.335 e. The Morgan fingerprint density at radius 3 is 3.06 bits per heavy atom. The number of imidazole rings is 1. The van der Waals surface area contributed by atoms with Crippen LogP contribution in [0.15, 0.2) is 12.4 Å². The maximum atomic E-state index is 4.49. The molecule has 0 amide bonds. The van der Waals surface area contributed by atoms with Gasteiger partial charge in [0.05, 0.1) is 0 Å². The van der Waals surface area contributed by atoms with Crippen molar-refractivity contribution in [2.24, 2.45) is 5.92 Å². The molecule has 0 aliphatic carbocycles. The number of piperidine rings is 1. The molecule has 1 unspecified atom stereocenters. The zero-order chi connectivity index (χ0) is 11.4. The Morgan fingerprint density at radius 2 is 2.38 bits per heavy atom. The molecule has 1 aromatic rings. The highest BCUT2D eigenvalue weighted by Crippen LogP contribution is 2.12. The molecular weight excluding hydrogens is 198 g/mol. The molecule has 1 aromatic heterocycles. The summed E-state index contributed by atoms with van der Waals surface area (Å²) in [5, 5.41) is 3.58. The van der Waals surface area contributed by atoms with Gasteiger partial charge in [-0.1, -0.05) is 20.3 Å². The molecule has 0 bridgehead atoms. The van der Waals surface area contributed by atoms with E-state index in [1.54, 1.807) is 0 Å². The van der Waals surface area contributed by atoms with Gasteiger partial charge < -0.3 is 9.88 Å². The third-order valence-electron chi connectivity index (χ3n) is 3.20. The predicted molar refractivity (Wildman–Crippen MR) is 66.4 cm³/mol. The highest BCUT2D eigenvalue weighted by atomic mass is 15.1. The van der Waals surface area contributed by atoms with Crippen molar-refractivity contribution in [3.8, 4) is 0 Å². The number of rotatable bonds is 4. The zero-order valence-corrected chi connectivity index (χ0v) is 10.4. The molecule has 0 spiro atoms. The molecule has 1 aliphatic rings. The van der Waals surface area contributed by atoms with Gasteiger partial charge in [0.15, 0.2) is 0 Å². The summed E-state index contributed by atoms with van der Waals surface area (Å²) in [7, 11) is 0. The first-order chi connectivity index (χ1) is 7.75. The van der Waals surface area contributed by atoms with E-state index in [9.17, 15) is 0 Å². The van der Waals surface area contributed by atoms with E-state index in [2.05, 4.69) is 34.9 Å². The first-order valence-electron chi connectivity index (χ1n) is 6.49. The van der Waals surface area contributed by atoms with Gasteiger partial charge in [-0.15, -0.1) is 0 Å². The molecule has 1 aliphatic heterocycles. The third kappa shape index (κ3) is 3.08. The number of hydrogen-bond donors (Lipinski definition) is 1. The van der Waals surface area contributed by atoms with E-state index < -0.39 is 0 Å². The molecule has 16 heavy (non-hydrogen) atoms. The average molecular weight is 221 g/mol. The van der Waals surface area contributed by atoms with Gasteiger partial charge in [0.25, 0.3) is 0 Å². The van der Waals surface area contributed by atoms with Crippen LogP contribution in [0.2, 0.25) is 0 Å². The largest absolute Gasteiger partial charge is 0.335 e. The molecule has 0 saturated carbocycles. The van der Waals surface area contributed by atoms with Crippen LogP contribution < -0.4 is 5.32 Å². The van der Waals surface area contributed by atoms with Crippen molar-refractivity contribution in [1.82, 2.24) is 14.9 Å². The van der Waals surface area contributed by atoms with Crippen LogP contribution in [0.3, 0.4) is 0 Å². The maximum Gasteiger partial charge on any atom is 0.110 e. The Kier molecular flexibility index (Phi) is 3.99. The normalized spacial score (nSPS) is 21.6. The topological polar surface area (TPSA) is 29.9 Å². The highest BCUT2D eigenvalue weighted by molar-refractivity contribution is 4.96. The molecule has 1 fully saturated rings. The lowest BCUT2D eigenvalue weighted by Crippen LogP contribution is -2.36. The van der Waals surface area contributed by atoms with Crippen LogP contribution in [-0.2, 0) is 13.0 Å². The van der Waals surface area contributed by atoms with Gasteiger partial charge in [-0.3, -0.25) is 0 Å². The second-order valence-corrected chi connectivity index (χ2v) is 5.24. The van der Waals surface area contributed by atoms with Crippen LogP contribution >= 0.6 is 0 Å². The summed E-state index contributed by atoms with van der Waals surface area (Å²) < 4.78 is 2.31. The SMILES string of the molecule is CC(C)Cn1ccnc1CC1CCCCN1. The Hall–Kier alpha value is -0.830. The minimum absolute atomic E-state index is 0.641. The van der Waals surface area contributed by atoms with E-state index in [1.807, 2.05) is 6.20 Å². The fourth-order valence-corrected chi connectivity index (χ4v) is 2.41. The lowest BCUT2D eigenvalue weighted by atomic mass is 10.0. The molecule has 0 aromatic carbocycles. The summed E-state index contributed by atoms with van der Waals surface area (Å²) in [6.45, 7) is 6.77. The van der Waals surface area contributed by atoms with E-state index in [-0.39, 0.29) is 0 Å². The van der Waals surface area contributed by atoms with Crippen LogP contribution in [0.5, 0.6) is 0 Å². The molecule has 1 atom stereocenters. The second kappa shape index (κ2) is 5.48. The molecule has 1 saturated heterocycles. The Morgan fingerprint density at radius 1 is 1.50 bits per heavy atom. The van der Waals surface area contributed by atoms with Crippen molar-refractivity contribution in [2.45, 2.75) is 52.1 Å². The summed E-state index contributed by atoms with van der Waals surface area (Å²) in [5.74, 6) is 1.93. The van der Waals surface area contributed by atoms with Crippen LogP contribution in [0.4, 0.5) is 0 Å². The zero-order valence-electron chi connectivity index (χ0n) is 10.4. The Labute approximate surface area is 98.3 Å². The second-order valence-electron chi connectivity index (χ2n) is 5.24.